The van der Waals surface area contributed by atoms with E-state index in [0.29, 0.717) is 16.9 Å². The maximum absolute atomic E-state index is 12.3. The van der Waals surface area contributed by atoms with Crippen molar-refractivity contribution in [3.05, 3.63) is 47.9 Å². The number of hydrogen-bond donors (Lipinski definition) is 1. The molecule has 0 saturated carbocycles. The van der Waals surface area contributed by atoms with Crippen LogP contribution in [0.15, 0.2) is 36.7 Å². The van der Waals surface area contributed by atoms with Gasteiger partial charge in [0.05, 0.1) is 12.7 Å². The lowest BCUT2D eigenvalue weighted by Gasteiger charge is -2.16. The minimum absolute atomic E-state index is 0.309. The molecule has 2 aromatic rings. The van der Waals surface area contributed by atoms with E-state index < -0.39 is 5.97 Å². The molecular formula is C17H18N4O3. The maximum atomic E-state index is 12.3. The van der Waals surface area contributed by atoms with E-state index in [2.05, 4.69) is 24.9 Å². The van der Waals surface area contributed by atoms with E-state index in [4.69, 9.17) is 0 Å². The SMILES string of the molecule is COC(=O)c1ccc(NC(=O)c2cc(N3CCCC3)ncn2)cc1. The maximum Gasteiger partial charge on any atom is 0.337 e. The molecule has 124 valence electrons. The third-order valence-electron chi connectivity index (χ3n) is 3.88. The third kappa shape index (κ3) is 3.51. The summed E-state index contributed by atoms with van der Waals surface area (Å²) in [6, 6.07) is 8.18. The van der Waals surface area contributed by atoms with Crippen molar-refractivity contribution in [1.82, 2.24) is 9.97 Å². The number of benzene rings is 1. The molecule has 3 rings (SSSR count). The molecular weight excluding hydrogens is 308 g/mol. The molecule has 0 unspecified atom stereocenters. The van der Waals surface area contributed by atoms with Crippen LogP contribution >= 0.6 is 0 Å². The summed E-state index contributed by atoms with van der Waals surface area (Å²) in [7, 11) is 1.32. The molecule has 7 heteroatoms. The van der Waals surface area contributed by atoms with E-state index in [1.54, 1.807) is 30.3 Å². The van der Waals surface area contributed by atoms with E-state index in [1.165, 1.54) is 13.4 Å². The summed E-state index contributed by atoms with van der Waals surface area (Å²) in [6.07, 6.45) is 3.68. The van der Waals surface area contributed by atoms with E-state index >= 15 is 0 Å². The number of nitrogens with zero attached hydrogens (tertiary/aromatic N) is 3. The number of esters is 1. The second kappa shape index (κ2) is 7.08. The first-order chi connectivity index (χ1) is 11.7. The van der Waals surface area contributed by atoms with Crippen LogP contribution in [-0.2, 0) is 4.74 Å². The van der Waals surface area contributed by atoms with Gasteiger partial charge in [0.1, 0.15) is 17.8 Å². The van der Waals surface area contributed by atoms with Crippen LogP contribution in [0.25, 0.3) is 0 Å². The largest absolute Gasteiger partial charge is 0.465 e. The molecule has 0 radical (unpaired) electrons. The van der Waals surface area contributed by atoms with Gasteiger partial charge in [0.25, 0.3) is 5.91 Å². The highest BCUT2D eigenvalue weighted by Crippen LogP contribution is 2.18. The smallest absolute Gasteiger partial charge is 0.337 e. The fraction of sp³-hybridized carbons (Fsp3) is 0.294. The topological polar surface area (TPSA) is 84.4 Å². The van der Waals surface area contributed by atoms with E-state index in [1.807, 2.05) is 0 Å². The van der Waals surface area contributed by atoms with Gasteiger partial charge in [0.2, 0.25) is 0 Å². The minimum atomic E-state index is -0.418. The zero-order valence-electron chi connectivity index (χ0n) is 13.4. The van der Waals surface area contributed by atoms with E-state index in [-0.39, 0.29) is 5.91 Å². The fourth-order valence-corrected chi connectivity index (χ4v) is 2.59. The van der Waals surface area contributed by atoms with Gasteiger partial charge >= 0.3 is 5.97 Å². The molecule has 0 atom stereocenters. The van der Waals surface area contributed by atoms with Gasteiger partial charge in [-0.2, -0.15) is 0 Å². The second-order valence-electron chi connectivity index (χ2n) is 5.48. The number of nitrogens with one attached hydrogen (secondary N) is 1. The number of carbonyl (C=O) groups is 2. The number of anilines is 2. The minimum Gasteiger partial charge on any atom is -0.465 e. The van der Waals surface area contributed by atoms with Crippen molar-refractivity contribution in [3.63, 3.8) is 0 Å². The quantitative estimate of drug-likeness (QED) is 0.866. The number of hydrogen-bond acceptors (Lipinski definition) is 6. The van der Waals surface area contributed by atoms with Crippen LogP contribution in [0.4, 0.5) is 11.5 Å². The Morgan fingerprint density at radius 1 is 1.12 bits per heavy atom. The third-order valence-corrected chi connectivity index (χ3v) is 3.88. The molecule has 24 heavy (non-hydrogen) atoms. The number of rotatable bonds is 4. The van der Waals surface area contributed by atoms with Crippen LogP contribution in [0, 0.1) is 0 Å². The highest BCUT2D eigenvalue weighted by atomic mass is 16.5. The Balaban J connectivity index is 1.70. The second-order valence-corrected chi connectivity index (χ2v) is 5.48. The lowest BCUT2D eigenvalue weighted by Crippen LogP contribution is -2.21. The van der Waals surface area contributed by atoms with Gasteiger partial charge in [-0.15, -0.1) is 0 Å². The summed E-state index contributed by atoms with van der Waals surface area (Å²) in [5.41, 5.74) is 1.31. The Morgan fingerprint density at radius 3 is 2.50 bits per heavy atom. The summed E-state index contributed by atoms with van der Waals surface area (Å²) in [5.74, 6) is 0.0382. The van der Waals surface area contributed by atoms with Crippen molar-refractivity contribution in [2.75, 3.05) is 30.4 Å². The van der Waals surface area contributed by atoms with Gasteiger partial charge in [-0.05, 0) is 37.1 Å². The Kier molecular flexibility index (Phi) is 4.69. The van der Waals surface area contributed by atoms with Crippen LogP contribution < -0.4 is 10.2 Å². The first-order valence-corrected chi connectivity index (χ1v) is 7.74. The molecule has 1 aromatic carbocycles. The fourth-order valence-electron chi connectivity index (χ4n) is 2.59. The Morgan fingerprint density at radius 2 is 1.83 bits per heavy atom. The predicted octanol–water partition coefficient (Wildman–Crippen LogP) is 2.12. The average Bonchev–Trinajstić information content (AvgIpc) is 3.16. The summed E-state index contributed by atoms with van der Waals surface area (Å²) >= 11 is 0. The number of aromatic nitrogens is 2. The zero-order chi connectivity index (χ0) is 16.9. The zero-order valence-corrected chi connectivity index (χ0v) is 13.4. The lowest BCUT2D eigenvalue weighted by atomic mass is 10.2. The van der Waals surface area contributed by atoms with Gasteiger partial charge in [-0.1, -0.05) is 0 Å². The lowest BCUT2D eigenvalue weighted by molar-refractivity contribution is 0.0600. The summed E-state index contributed by atoms with van der Waals surface area (Å²) in [6.45, 7) is 1.90. The van der Waals surface area contributed by atoms with Crippen LogP contribution in [0.1, 0.15) is 33.7 Å². The first-order valence-electron chi connectivity index (χ1n) is 7.74. The molecule has 1 N–H and O–H groups in total. The van der Waals surface area contributed by atoms with E-state index in [9.17, 15) is 9.59 Å². The van der Waals surface area contributed by atoms with Gasteiger partial charge in [0.15, 0.2) is 0 Å². The van der Waals surface area contributed by atoms with Crippen molar-refractivity contribution in [1.29, 1.82) is 0 Å². The monoisotopic (exact) mass is 326 g/mol. The van der Waals surface area contributed by atoms with Gasteiger partial charge < -0.3 is 15.0 Å². The van der Waals surface area contributed by atoms with Crippen LogP contribution in [0.3, 0.4) is 0 Å². The molecule has 7 nitrogen and oxygen atoms in total. The van der Waals surface area contributed by atoms with Crippen molar-refractivity contribution >= 4 is 23.4 Å². The number of ether oxygens (including phenoxy) is 1. The Labute approximate surface area is 139 Å². The standard InChI is InChI=1S/C17H18N4O3/c1-24-17(23)12-4-6-13(7-5-12)20-16(22)14-10-15(19-11-18-14)21-8-2-3-9-21/h4-7,10-11H,2-3,8-9H2,1H3,(H,20,22). The first kappa shape index (κ1) is 15.9. The number of methoxy groups -OCH3 is 1. The van der Waals surface area contributed by atoms with Gasteiger partial charge in [-0.25, -0.2) is 14.8 Å². The molecule has 2 heterocycles. The predicted molar refractivity (Wildman–Crippen MR) is 89.2 cm³/mol. The summed E-state index contributed by atoms with van der Waals surface area (Å²) in [5, 5.41) is 2.76. The highest BCUT2D eigenvalue weighted by Gasteiger charge is 2.16. The van der Waals surface area contributed by atoms with Crippen molar-refractivity contribution < 1.29 is 14.3 Å². The molecule has 0 bridgehead atoms. The van der Waals surface area contributed by atoms with Crippen molar-refractivity contribution in [3.8, 4) is 0 Å². The van der Waals surface area contributed by atoms with Gasteiger partial charge in [-0.3, -0.25) is 4.79 Å². The highest BCUT2D eigenvalue weighted by molar-refractivity contribution is 6.03. The molecule has 1 aromatic heterocycles. The van der Waals surface area contributed by atoms with Crippen LogP contribution in [0.2, 0.25) is 0 Å². The molecule has 1 aliphatic rings. The molecule has 1 aliphatic heterocycles. The average molecular weight is 326 g/mol. The summed E-state index contributed by atoms with van der Waals surface area (Å²) < 4.78 is 4.64. The molecule has 0 spiro atoms. The number of amides is 1. The Hall–Kier alpha value is -2.96. The van der Waals surface area contributed by atoms with E-state index in [0.717, 1.165) is 31.7 Å². The van der Waals surface area contributed by atoms with Crippen LogP contribution in [-0.4, -0.2) is 42.0 Å². The summed E-state index contributed by atoms with van der Waals surface area (Å²) in [4.78, 5) is 34.2. The molecule has 1 saturated heterocycles. The molecule has 1 amide bonds. The van der Waals surface area contributed by atoms with Crippen LogP contribution in [0.5, 0.6) is 0 Å². The normalized spacial score (nSPS) is 13.6. The van der Waals surface area contributed by atoms with Crippen molar-refractivity contribution in [2.24, 2.45) is 0 Å². The van der Waals surface area contributed by atoms with Gasteiger partial charge in [0, 0.05) is 24.8 Å². The molecule has 0 aliphatic carbocycles. The Bertz CT molecular complexity index is 740. The molecule has 1 fully saturated rings. The number of carbonyl (C=O) groups excluding carboxylic acids is 2. The van der Waals surface area contributed by atoms with Crippen molar-refractivity contribution in [2.45, 2.75) is 12.8 Å².